The number of carbonyl (C=O) groups is 1. The van der Waals surface area contributed by atoms with E-state index in [1.807, 2.05) is 73.4 Å². The van der Waals surface area contributed by atoms with E-state index >= 15 is 0 Å². The summed E-state index contributed by atoms with van der Waals surface area (Å²) in [6, 6.07) is 21.1. The average molecular weight is 513 g/mol. The standard InChI is InChI=1S/C28H23ClN4O2.C2H6/c29-22-8-4-7-19(11-22)26(17-34)33-10-9-32-16-21(13-25(32)28(33)35)24-15-31-27-23(24)12-20(14-30-27)18-5-2-1-3-6-18;1-2/h1-8,11-16,26,34H,9-10,17H2,(H,30,31);1-2H3. The highest BCUT2D eigenvalue weighted by Gasteiger charge is 2.31. The summed E-state index contributed by atoms with van der Waals surface area (Å²) in [5, 5.41) is 11.7. The minimum atomic E-state index is -0.445. The van der Waals surface area contributed by atoms with Crippen LogP contribution in [0.2, 0.25) is 5.02 Å². The number of carbonyl (C=O) groups excluding carboxylic acids is 1. The number of nitrogens with zero attached hydrogens (tertiary/aromatic N) is 3. The first kappa shape index (κ1) is 24.8. The lowest BCUT2D eigenvalue weighted by Crippen LogP contribution is -2.43. The number of aromatic amines is 1. The molecule has 6 nitrogen and oxygen atoms in total. The van der Waals surface area contributed by atoms with Crippen molar-refractivity contribution in [2.75, 3.05) is 13.2 Å². The predicted octanol–water partition coefficient (Wildman–Crippen LogP) is 6.57. The molecule has 1 amide bonds. The van der Waals surface area contributed by atoms with Crippen LogP contribution in [-0.2, 0) is 6.54 Å². The monoisotopic (exact) mass is 512 g/mol. The lowest BCUT2D eigenvalue weighted by molar-refractivity contribution is 0.0526. The number of aliphatic hydroxyl groups is 1. The molecule has 0 spiro atoms. The highest BCUT2D eigenvalue weighted by atomic mass is 35.5. The molecule has 1 aliphatic heterocycles. The molecule has 2 aromatic carbocycles. The van der Waals surface area contributed by atoms with Gasteiger partial charge in [-0.15, -0.1) is 0 Å². The Morgan fingerprint density at radius 3 is 2.57 bits per heavy atom. The van der Waals surface area contributed by atoms with E-state index in [4.69, 9.17) is 11.6 Å². The fraction of sp³-hybridized carbons (Fsp3) is 0.200. The highest BCUT2D eigenvalue weighted by molar-refractivity contribution is 6.30. The second-order valence-electron chi connectivity index (χ2n) is 8.75. The van der Waals surface area contributed by atoms with Gasteiger partial charge in [-0.3, -0.25) is 4.79 Å². The Bertz CT molecular complexity index is 1540. The van der Waals surface area contributed by atoms with Gasteiger partial charge in [0.05, 0.1) is 12.6 Å². The van der Waals surface area contributed by atoms with Crippen LogP contribution in [0.1, 0.15) is 35.9 Å². The van der Waals surface area contributed by atoms with Gasteiger partial charge < -0.3 is 19.6 Å². The second-order valence-corrected chi connectivity index (χ2v) is 9.18. The number of nitrogens with one attached hydrogen (secondary N) is 1. The lowest BCUT2D eigenvalue weighted by Gasteiger charge is -2.34. The number of aromatic nitrogens is 3. The summed E-state index contributed by atoms with van der Waals surface area (Å²) in [6.45, 7) is 4.98. The summed E-state index contributed by atoms with van der Waals surface area (Å²) < 4.78 is 1.99. The van der Waals surface area contributed by atoms with Crippen LogP contribution in [0.5, 0.6) is 0 Å². The number of amides is 1. The summed E-state index contributed by atoms with van der Waals surface area (Å²) in [7, 11) is 0. The largest absolute Gasteiger partial charge is 0.394 e. The van der Waals surface area contributed by atoms with Crippen molar-refractivity contribution in [3.05, 3.63) is 102 Å². The Balaban J connectivity index is 0.00000137. The van der Waals surface area contributed by atoms with Crippen LogP contribution in [0, 0.1) is 0 Å². The molecule has 188 valence electrons. The Hall–Kier alpha value is -3.87. The minimum Gasteiger partial charge on any atom is -0.394 e. The van der Waals surface area contributed by atoms with Gasteiger partial charge in [0.1, 0.15) is 11.3 Å². The number of pyridine rings is 1. The SMILES string of the molecule is CC.O=C1c2cc(-c3c[nH]c4ncc(-c5ccccc5)cc34)cn2CCN1C(CO)c1cccc(Cl)c1. The van der Waals surface area contributed by atoms with Gasteiger partial charge >= 0.3 is 0 Å². The Morgan fingerprint density at radius 1 is 1.00 bits per heavy atom. The van der Waals surface area contributed by atoms with Crippen molar-refractivity contribution in [1.82, 2.24) is 19.4 Å². The number of hydrogen-bond donors (Lipinski definition) is 2. The molecule has 0 saturated heterocycles. The maximum absolute atomic E-state index is 13.5. The third-order valence-corrected chi connectivity index (χ3v) is 6.93. The van der Waals surface area contributed by atoms with Crippen LogP contribution in [-0.4, -0.2) is 43.6 Å². The molecule has 1 aliphatic rings. The summed E-state index contributed by atoms with van der Waals surface area (Å²) in [5.74, 6) is -0.107. The smallest absolute Gasteiger partial charge is 0.271 e. The van der Waals surface area contributed by atoms with Crippen LogP contribution in [0.3, 0.4) is 0 Å². The van der Waals surface area contributed by atoms with Gasteiger partial charge in [0.15, 0.2) is 0 Å². The average Bonchev–Trinajstić information content (AvgIpc) is 3.56. The maximum Gasteiger partial charge on any atom is 0.271 e. The van der Waals surface area contributed by atoms with Gasteiger partial charge in [-0.05, 0) is 35.4 Å². The number of fused-ring (bicyclic) bond motifs is 2. The topological polar surface area (TPSA) is 74.2 Å². The molecule has 6 rings (SSSR count). The summed E-state index contributed by atoms with van der Waals surface area (Å²) in [4.78, 5) is 23.1. The van der Waals surface area contributed by atoms with Gasteiger partial charge in [0.2, 0.25) is 0 Å². The van der Waals surface area contributed by atoms with E-state index in [0.717, 1.165) is 38.9 Å². The van der Waals surface area contributed by atoms with Gasteiger partial charge in [-0.25, -0.2) is 4.98 Å². The van der Waals surface area contributed by atoms with Crippen molar-refractivity contribution >= 4 is 28.5 Å². The molecule has 1 unspecified atom stereocenters. The van der Waals surface area contributed by atoms with Crippen molar-refractivity contribution in [1.29, 1.82) is 0 Å². The summed E-state index contributed by atoms with van der Waals surface area (Å²) >= 11 is 6.16. The zero-order valence-corrected chi connectivity index (χ0v) is 21.6. The van der Waals surface area contributed by atoms with Crippen molar-refractivity contribution < 1.29 is 9.90 Å². The minimum absolute atomic E-state index is 0.107. The maximum atomic E-state index is 13.5. The number of halogens is 1. The molecule has 7 heteroatoms. The second kappa shape index (κ2) is 10.6. The molecule has 0 fully saturated rings. The number of benzene rings is 2. The van der Waals surface area contributed by atoms with Gasteiger partial charge in [0, 0.05) is 58.8 Å². The van der Waals surface area contributed by atoms with E-state index in [2.05, 4.69) is 28.2 Å². The number of hydrogen-bond acceptors (Lipinski definition) is 3. The fourth-order valence-corrected chi connectivity index (χ4v) is 5.11. The molecule has 3 aromatic heterocycles. The van der Waals surface area contributed by atoms with E-state index in [-0.39, 0.29) is 12.5 Å². The normalized spacial score (nSPS) is 13.7. The third-order valence-electron chi connectivity index (χ3n) is 6.69. The van der Waals surface area contributed by atoms with Crippen LogP contribution in [0.15, 0.2) is 85.3 Å². The molecule has 0 saturated carbocycles. The van der Waals surface area contributed by atoms with Crippen LogP contribution < -0.4 is 0 Å². The number of aliphatic hydroxyl groups excluding tert-OH is 1. The quantitative estimate of drug-likeness (QED) is 0.280. The molecule has 0 aliphatic carbocycles. The van der Waals surface area contributed by atoms with E-state index in [1.165, 1.54) is 0 Å². The molecular weight excluding hydrogens is 484 g/mol. The van der Waals surface area contributed by atoms with Crippen molar-refractivity contribution in [3.63, 3.8) is 0 Å². The zero-order valence-electron chi connectivity index (χ0n) is 20.9. The molecule has 37 heavy (non-hydrogen) atoms. The third kappa shape index (κ3) is 4.66. The molecular formula is C30H29ClN4O2. The number of H-pyrrole nitrogens is 1. The van der Waals surface area contributed by atoms with Crippen LogP contribution >= 0.6 is 11.6 Å². The van der Waals surface area contributed by atoms with Crippen LogP contribution in [0.25, 0.3) is 33.3 Å². The molecule has 4 heterocycles. The Morgan fingerprint density at radius 2 is 1.81 bits per heavy atom. The van der Waals surface area contributed by atoms with Crippen molar-refractivity contribution in [3.8, 4) is 22.3 Å². The molecule has 2 N–H and O–H groups in total. The highest BCUT2D eigenvalue weighted by Crippen LogP contribution is 2.34. The Kier molecular flexibility index (Phi) is 7.12. The van der Waals surface area contributed by atoms with Gasteiger partial charge in [-0.2, -0.15) is 0 Å². The first-order valence-corrected chi connectivity index (χ1v) is 12.9. The first-order valence-electron chi connectivity index (χ1n) is 12.5. The summed E-state index contributed by atoms with van der Waals surface area (Å²) in [5.41, 5.74) is 6.33. The Labute approximate surface area is 221 Å². The fourth-order valence-electron chi connectivity index (χ4n) is 4.91. The first-order chi connectivity index (χ1) is 18.1. The number of rotatable bonds is 5. The van der Waals surface area contributed by atoms with E-state index in [0.29, 0.717) is 23.8 Å². The van der Waals surface area contributed by atoms with Gasteiger partial charge in [-0.1, -0.05) is 67.9 Å². The van der Waals surface area contributed by atoms with E-state index in [9.17, 15) is 9.90 Å². The summed E-state index contributed by atoms with van der Waals surface area (Å²) in [6.07, 6.45) is 5.84. The molecule has 1 atom stereocenters. The van der Waals surface area contributed by atoms with Gasteiger partial charge in [0.25, 0.3) is 5.91 Å². The van der Waals surface area contributed by atoms with E-state index < -0.39 is 6.04 Å². The molecule has 5 aromatic rings. The van der Waals surface area contributed by atoms with Crippen molar-refractivity contribution in [2.24, 2.45) is 0 Å². The van der Waals surface area contributed by atoms with E-state index in [1.54, 1.807) is 17.0 Å². The zero-order chi connectivity index (χ0) is 25.9. The predicted molar refractivity (Wildman–Crippen MR) is 149 cm³/mol. The molecule has 0 radical (unpaired) electrons. The molecule has 0 bridgehead atoms. The van der Waals surface area contributed by atoms with Crippen molar-refractivity contribution in [2.45, 2.75) is 26.4 Å². The lowest BCUT2D eigenvalue weighted by atomic mass is 10.0. The van der Waals surface area contributed by atoms with Crippen LogP contribution in [0.4, 0.5) is 0 Å².